The number of aliphatic imine (C=N–C) groups is 1. The molecule has 0 unspecified atom stereocenters. The van der Waals surface area contributed by atoms with Crippen LogP contribution in [0.5, 0.6) is 0 Å². The molecule has 0 rings (SSSR count). The van der Waals surface area contributed by atoms with Crippen molar-refractivity contribution in [1.82, 2.24) is 0 Å². The molecule has 0 bridgehead atoms. The zero-order valence-corrected chi connectivity index (χ0v) is 7.07. The fraction of sp³-hybridized carbons (Fsp3) is 0.375. The molecule has 0 aliphatic rings. The van der Waals surface area contributed by atoms with Gasteiger partial charge >= 0.3 is 0 Å². The van der Waals surface area contributed by atoms with Crippen LogP contribution < -0.4 is 5.73 Å². The van der Waals surface area contributed by atoms with Crippen molar-refractivity contribution < 1.29 is 0 Å². The van der Waals surface area contributed by atoms with Gasteiger partial charge in [0.05, 0.1) is 0 Å². The molecule has 0 radical (unpaired) electrons. The minimum absolute atomic E-state index is 0.0220. The number of nitriles is 2. The monoisotopic (exact) mass is 162 g/mol. The number of allylic oxidation sites excluding steroid dienone is 2. The molecule has 0 saturated carbocycles. The predicted molar refractivity (Wildman–Crippen MR) is 45.8 cm³/mol. The molecular weight excluding hydrogens is 152 g/mol. The average Bonchev–Trinajstić information content (AvgIpc) is 2.04. The second kappa shape index (κ2) is 4.92. The summed E-state index contributed by atoms with van der Waals surface area (Å²) >= 11 is 0. The highest BCUT2D eigenvalue weighted by Crippen LogP contribution is 1.99. The Morgan fingerprint density at radius 1 is 1.42 bits per heavy atom. The van der Waals surface area contributed by atoms with E-state index in [4.69, 9.17) is 16.3 Å². The van der Waals surface area contributed by atoms with E-state index in [-0.39, 0.29) is 17.3 Å². The van der Waals surface area contributed by atoms with Crippen LogP contribution in [0, 0.1) is 28.6 Å². The predicted octanol–water partition coefficient (Wildman–Crippen LogP) is 0.931. The fourth-order valence-electron chi connectivity index (χ4n) is 0.435. The van der Waals surface area contributed by atoms with Crippen LogP contribution in [0.4, 0.5) is 0 Å². The Morgan fingerprint density at radius 3 is 2.33 bits per heavy atom. The molecule has 0 aliphatic carbocycles. The van der Waals surface area contributed by atoms with Crippen LogP contribution in [0.25, 0.3) is 0 Å². The molecule has 2 N–H and O–H groups in total. The van der Waals surface area contributed by atoms with Crippen molar-refractivity contribution in [1.29, 1.82) is 10.5 Å². The lowest BCUT2D eigenvalue weighted by Gasteiger charge is -1.92. The second-order valence-electron chi connectivity index (χ2n) is 2.51. The summed E-state index contributed by atoms with van der Waals surface area (Å²) in [6, 6.07) is 3.40. The maximum Gasteiger partial charge on any atom is 0.174 e. The first-order chi connectivity index (χ1) is 5.61. The molecule has 0 heterocycles. The highest BCUT2D eigenvalue weighted by Gasteiger charge is 1.98. The van der Waals surface area contributed by atoms with Gasteiger partial charge < -0.3 is 5.73 Å². The highest BCUT2D eigenvalue weighted by molar-refractivity contribution is 5.62. The smallest absolute Gasteiger partial charge is 0.174 e. The van der Waals surface area contributed by atoms with Crippen LogP contribution in [0.1, 0.15) is 13.8 Å². The SMILES string of the molecule is CC(C)C=N/C(C#N)=C(/N)C#N. The van der Waals surface area contributed by atoms with E-state index in [9.17, 15) is 0 Å². The summed E-state index contributed by atoms with van der Waals surface area (Å²) in [6.07, 6.45) is 1.57. The zero-order valence-electron chi connectivity index (χ0n) is 7.07. The number of nitrogens with zero attached hydrogens (tertiary/aromatic N) is 3. The zero-order chi connectivity index (χ0) is 9.56. The van der Waals surface area contributed by atoms with Gasteiger partial charge in [0.25, 0.3) is 0 Å². The van der Waals surface area contributed by atoms with Crippen molar-refractivity contribution in [2.24, 2.45) is 16.6 Å². The number of hydrogen-bond acceptors (Lipinski definition) is 4. The third-order valence-electron chi connectivity index (χ3n) is 0.983. The maximum absolute atomic E-state index is 8.49. The van der Waals surface area contributed by atoms with E-state index >= 15 is 0 Å². The van der Waals surface area contributed by atoms with Crippen LogP contribution in [-0.2, 0) is 0 Å². The lowest BCUT2D eigenvalue weighted by Crippen LogP contribution is -1.98. The minimum Gasteiger partial charge on any atom is -0.388 e. The Labute approximate surface area is 71.6 Å². The van der Waals surface area contributed by atoms with Crippen LogP contribution in [-0.4, -0.2) is 6.21 Å². The molecule has 0 spiro atoms. The molecule has 0 aromatic carbocycles. The summed E-state index contributed by atoms with van der Waals surface area (Å²) in [5.74, 6) is 0.236. The second-order valence-corrected chi connectivity index (χ2v) is 2.51. The van der Waals surface area contributed by atoms with Crippen molar-refractivity contribution in [3.8, 4) is 12.1 Å². The molecule has 0 fully saturated rings. The van der Waals surface area contributed by atoms with Crippen molar-refractivity contribution in [2.45, 2.75) is 13.8 Å². The van der Waals surface area contributed by atoms with Gasteiger partial charge in [-0.3, -0.25) is 0 Å². The summed E-state index contributed by atoms with van der Waals surface area (Å²) in [5, 5.41) is 16.8. The quantitative estimate of drug-likeness (QED) is 0.484. The summed E-state index contributed by atoms with van der Waals surface area (Å²) in [4.78, 5) is 3.76. The molecule has 0 atom stereocenters. The minimum atomic E-state index is -0.144. The van der Waals surface area contributed by atoms with Gasteiger partial charge in [0.1, 0.15) is 17.8 Å². The first kappa shape index (κ1) is 10.2. The molecule has 4 nitrogen and oxygen atoms in total. The van der Waals surface area contributed by atoms with E-state index in [0.29, 0.717) is 0 Å². The lowest BCUT2D eigenvalue weighted by atomic mass is 10.2. The Morgan fingerprint density at radius 2 is 2.00 bits per heavy atom. The van der Waals surface area contributed by atoms with Crippen LogP contribution in [0.2, 0.25) is 0 Å². The van der Waals surface area contributed by atoms with Crippen molar-refractivity contribution in [3.05, 3.63) is 11.4 Å². The van der Waals surface area contributed by atoms with Gasteiger partial charge in [0.15, 0.2) is 5.70 Å². The van der Waals surface area contributed by atoms with E-state index in [1.807, 2.05) is 13.8 Å². The Kier molecular flexibility index (Phi) is 4.18. The summed E-state index contributed by atoms with van der Waals surface area (Å²) in [5.41, 5.74) is 5.03. The van der Waals surface area contributed by atoms with Crippen molar-refractivity contribution in [2.75, 3.05) is 0 Å². The number of rotatable bonds is 2. The van der Waals surface area contributed by atoms with E-state index in [0.717, 1.165) is 0 Å². The highest BCUT2D eigenvalue weighted by atomic mass is 14.8. The van der Waals surface area contributed by atoms with Gasteiger partial charge in [-0.1, -0.05) is 13.8 Å². The Balaban J connectivity index is 4.66. The largest absolute Gasteiger partial charge is 0.388 e. The van der Waals surface area contributed by atoms with Gasteiger partial charge in [-0.2, -0.15) is 10.5 Å². The maximum atomic E-state index is 8.49. The third kappa shape index (κ3) is 3.38. The average molecular weight is 162 g/mol. The van der Waals surface area contributed by atoms with Gasteiger partial charge in [0, 0.05) is 6.21 Å². The van der Waals surface area contributed by atoms with Crippen LogP contribution in [0.3, 0.4) is 0 Å². The molecule has 12 heavy (non-hydrogen) atoms. The first-order valence-corrected chi connectivity index (χ1v) is 3.46. The third-order valence-corrected chi connectivity index (χ3v) is 0.983. The molecule has 0 aromatic rings. The van der Waals surface area contributed by atoms with E-state index in [1.165, 1.54) is 0 Å². The lowest BCUT2D eigenvalue weighted by molar-refractivity contribution is 0.905. The Hall–Kier alpha value is -1.81. The Bertz CT molecular complexity index is 285. The van der Waals surface area contributed by atoms with Crippen LogP contribution in [0.15, 0.2) is 16.4 Å². The topological polar surface area (TPSA) is 86.0 Å². The molecule has 0 amide bonds. The summed E-state index contributed by atoms with van der Waals surface area (Å²) in [6.45, 7) is 3.84. The van der Waals surface area contributed by atoms with Gasteiger partial charge in [-0.25, -0.2) is 4.99 Å². The molecular formula is C8H10N4. The molecule has 62 valence electrons. The normalized spacial score (nSPS) is 12.4. The van der Waals surface area contributed by atoms with Crippen LogP contribution >= 0.6 is 0 Å². The van der Waals surface area contributed by atoms with Gasteiger partial charge in [-0.05, 0) is 5.92 Å². The summed E-state index contributed by atoms with van der Waals surface area (Å²) in [7, 11) is 0. The first-order valence-electron chi connectivity index (χ1n) is 3.46. The van der Waals surface area contributed by atoms with E-state index in [1.54, 1.807) is 18.4 Å². The van der Waals surface area contributed by atoms with Gasteiger partial charge in [0.2, 0.25) is 0 Å². The number of hydrogen-bond donors (Lipinski definition) is 1. The standard InChI is InChI=1S/C8H10N4/c1-6(2)5-12-8(4-10)7(11)3-9/h5-6H,11H2,1-2H3/b8-7+,12-5?. The molecule has 4 heteroatoms. The summed E-state index contributed by atoms with van der Waals surface area (Å²) < 4.78 is 0. The molecule has 0 saturated heterocycles. The van der Waals surface area contributed by atoms with E-state index < -0.39 is 0 Å². The van der Waals surface area contributed by atoms with E-state index in [2.05, 4.69) is 4.99 Å². The van der Waals surface area contributed by atoms with Crippen molar-refractivity contribution in [3.63, 3.8) is 0 Å². The van der Waals surface area contributed by atoms with Gasteiger partial charge in [-0.15, -0.1) is 0 Å². The van der Waals surface area contributed by atoms with Crippen molar-refractivity contribution >= 4 is 6.21 Å². The number of nitrogens with two attached hydrogens (primary N) is 1. The fourth-order valence-corrected chi connectivity index (χ4v) is 0.435. The molecule has 0 aliphatic heterocycles. The molecule has 0 aromatic heterocycles.